The van der Waals surface area contributed by atoms with Gasteiger partial charge in [-0.1, -0.05) is 6.42 Å². The van der Waals surface area contributed by atoms with Crippen molar-refractivity contribution in [2.45, 2.75) is 25.2 Å². The van der Waals surface area contributed by atoms with Crippen LogP contribution in [0.2, 0.25) is 0 Å². The van der Waals surface area contributed by atoms with Gasteiger partial charge in [0.1, 0.15) is 6.29 Å². The van der Waals surface area contributed by atoms with Crippen molar-refractivity contribution in [2.75, 3.05) is 0 Å². The minimum Gasteiger partial charge on any atom is -0.298 e. The summed E-state index contributed by atoms with van der Waals surface area (Å²) < 4.78 is 1.74. The molecule has 0 unspecified atom stereocenters. The fourth-order valence-electron chi connectivity index (χ4n) is 1.83. The number of carbonyl (C=O) groups is 1. The van der Waals surface area contributed by atoms with Crippen LogP contribution in [0.4, 0.5) is 0 Å². The summed E-state index contributed by atoms with van der Waals surface area (Å²) in [5.41, 5.74) is 1.41. The second-order valence-corrected chi connectivity index (χ2v) is 3.98. The Morgan fingerprint density at radius 2 is 2.33 bits per heavy atom. The largest absolute Gasteiger partial charge is 0.298 e. The van der Waals surface area contributed by atoms with Crippen molar-refractivity contribution >= 4 is 11.9 Å². The number of hydrogen-bond acceptors (Lipinski definition) is 3. The number of fused-ring (bicyclic) bond motifs is 1. The van der Waals surface area contributed by atoms with E-state index in [1.807, 2.05) is 0 Å². The van der Waals surface area contributed by atoms with E-state index >= 15 is 0 Å². The number of pyridine rings is 1. The number of hydrogen-bond donors (Lipinski definition) is 0. The second kappa shape index (κ2) is 3.15. The molecule has 2 aromatic heterocycles. The predicted molar refractivity (Wildman–Crippen MR) is 55.0 cm³/mol. The van der Waals surface area contributed by atoms with Gasteiger partial charge in [0.15, 0.2) is 11.5 Å². The van der Waals surface area contributed by atoms with Crippen LogP contribution < -0.4 is 0 Å². The van der Waals surface area contributed by atoms with Crippen molar-refractivity contribution in [3.8, 4) is 0 Å². The van der Waals surface area contributed by atoms with Gasteiger partial charge in [0.2, 0.25) is 0 Å². The summed E-state index contributed by atoms with van der Waals surface area (Å²) >= 11 is 0. The fraction of sp³-hybridized carbons (Fsp3) is 0.364. The third kappa shape index (κ3) is 1.33. The molecule has 1 aliphatic rings. The molecule has 0 saturated heterocycles. The average molecular weight is 201 g/mol. The fourth-order valence-corrected chi connectivity index (χ4v) is 1.83. The molecule has 2 heterocycles. The first-order valence-electron chi connectivity index (χ1n) is 5.18. The lowest BCUT2D eigenvalue weighted by Crippen LogP contribution is -2.10. The minimum absolute atomic E-state index is 0.532. The van der Waals surface area contributed by atoms with Gasteiger partial charge in [-0.3, -0.25) is 4.79 Å². The van der Waals surface area contributed by atoms with Crippen molar-refractivity contribution in [2.24, 2.45) is 0 Å². The first-order chi connectivity index (χ1) is 7.36. The van der Waals surface area contributed by atoms with Gasteiger partial charge in [0.25, 0.3) is 0 Å². The molecule has 0 bridgehead atoms. The van der Waals surface area contributed by atoms with Crippen LogP contribution >= 0.6 is 0 Å². The van der Waals surface area contributed by atoms with Crippen molar-refractivity contribution in [1.82, 2.24) is 14.6 Å². The van der Waals surface area contributed by atoms with Crippen molar-refractivity contribution < 1.29 is 4.79 Å². The van der Waals surface area contributed by atoms with Gasteiger partial charge in [-0.05, 0) is 25.0 Å². The van der Waals surface area contributed by atoms with E-state index in [0.29, 0.717) is 11.5 Å². The smallest absolute Gasteiger partial charge is 0.156 e. The molecule has 0 aliphatic heterocycles. The lowest BCUT2D eigenvalue weighted by molar-refractivity contribution is 0.112. The van der Waals surface area contributed by atoms with Gasteiger partial charge in [-0.25, -0.2) is 9.50 Å². The van der Waals surface area contributed by atoms with Crippen molar-refractivity contribution in [3.63, 3.8) is 0 Å². The van der Waals surface area contributed by atoms with Crippen LogP contribution in [-0.2, 0) is 0 Å². The maximum atomic E-state index is 10.6. The van der Waals surface area contributed by atoms with Gasteiger partial charge in [0, 0.05) is 17.7 Å². The summed E-state index contributed by atoms with van der Waals surface area (Å²) in [5.74, 6) is 1.45. The molecule has 76 valence electrons. The van der Waals surface area contributed by atoms with E-state index in [1.165, 1.54) is 19.3 Å². The number of nitrogens with zero attached hydrogens (tertiary/aromatic N) is 3. The third-order valence-corrected chi connectivity index (χ3v) is 2.98. The molecule has 0 amide bonds. The molecule has 2 aromatic rings. The highest BCUT2D eigenvalue weighted by atomic mass is 16.1. The Morgan fingerprint density at radius 1 is 1.47 bits per heavy atom. The maximum Gasteiger partial charge on any atom is 0.156 e. The molecule has 0 spiro atoms. The van der Waals surface area contributed by atoms with E-state index in [2.05, 4.69) is 10.1 Å². The van der Waals surface area contributed by atoms with Gasteiger partial charge in [-0.2, -0.15) is 5.10 Å². The molecule has 0 atom stereocenters. The number of aldehydes is 1. The van der Waals surface area contributed by atoms with Crippen LogP contribution in [0.1, 0.15) is 41.4 Å². The highest BCUT2D eigenvalue weighted by Crippen LogP contribution is 2.34. The first-order valence-corrected chi connectivity index (χ1v) is 5.18. The molecule has 4 heteroatoms. The summed E-state index contributed by atoms with van der Waals surface area (Å²) in [6.07, 6.45) is 6.28. The van der Waals surface area contributed by atoms with E-state index in [9.17, 15) is 4.79 Å². The Kier molecular flexibility index (Phi) is 1.80. The highest BCUT2D eigenvalue weighted by molar-refractivity contribution is 5.76. The van der Waals surface area contributed by atoms with Gasteiger partial charge in [-0.15, -0.1) is 0 Å². The molecular weight excluding hydrogens is 190 g/mol. The average Bonchev–Trinajstić information content (AvgIpc) is 2.56. The lowest BCUT2D eigenvalue weighted by atomic mass is 9.85. The standard InChI is InChI=1S/C11H11N3O/c15-7-8-4-5-14-10(6-8)12-11(13-14)9-2-1-3-9/h4-7,9H,1-3H2. The van der Waals surface area contributed by atoms with E-state index in [0.717, 1.165) is 17.8 Å². The molecule has 0 N–H and O–H groups in total. The molecule has 0 aromatic carbocycles. The lowest BCUT2D eigenvalue weighted by Gasteiger charge is -2.21. The molecule has 15 heavy (non-hydrogen) atoms. The number of carbonyl (C=O) groups excluding carboxylic acids is 1. The topological polar surface area (TPSA) is 47.3 Å². The Labute approximate surface area is 86.9 Å². The van der Waals surface area contributed by atoms with Crippen LogP contribution in [0.5, 0.6) is 0 Å². The Balaban J connectivity index is 2.08. The Morgan fingerprint density at radius 3 is 3.00 bits per heavy atom. The van der Waals surface area contributed by atoms with Crippen LogP contribution in [0.15, 0.2) is 18.3 Å². The second-order valence-electron chi connectivity index (χ2n) is 3.98. The zero-order chi connectivity index (χ0) is 10.3. The number of aromatic nitrogens is 3. The SMILES string of the molecule is O=Cc1ccn2nc(C3CCC3)nc2c1. The monoisotopic (exact) mass is 201 g/mol. The molecular formula is C11H11N3O. The quantitative estimate of drug-likeness (QED) is 0.696. The molecule has 0 radical (unpaired) electrons. The molecule has 4 nitrogen and oxygen atoms in total. The van der Waals surface area contributed by atoms with E-state index in [1.54, 1.807) is 22.8 Å². The molecule has 1 saturated carbocycles. The normalized spacial score (nSPS) is 16.5. The van der Waals surface area contributed by atoms with E-state index in [4.69, 9.17) is 0 Å². The van der Waals surface area contributed by atoms with Crippen molar-refractivity contribution in [1.29, 1.82) is 0 Å². The molecule has 3 rings (SSSR count). The van der Waals surface area contributed by atoms with Gasteiger partial charge in [0.05, 0.1) is 0 Å². The van der Waals surface area contributed by atoms with Crippen LogP contribution in [0.25, 0.3) is 5.65 Å². The van der Waals surface area contributed by atoms with Gasteiger partial charge >= 0.3 is 0 Å². The Bertz CT molecular complexity index is 514. The maximum absolute atomic E-state index is 10.6. The molecule has 1 fully saturated rings. The highest BCUT2D eigenvalue weighted by Gasteiger charge is 2.23. The zero-order valence-corrected chi connectivity index (χ0v) is 8.26. The van der Waals surface area contributed by atoms with Crippen LogP contribution in [-0.4, -0.2) is 20.9 Å². The minimum atomic E-state index is 0.532. The third-order valence-electron chi connectivity index (χ3n) is 2.98. The summed E-state index contributed by atoms with van der Waals surface area (Å²) in [7, 11) is 0. The van der Waals surface area contributed by atoms with Crippen molar-refractivity contribution in [3.05, 3.63) is 29.7 Å². The van der Waals surface area contributed by atoms with Gasteiger partial charge < -0.3 is 0 Å². The predicted octanol–water partition coefficient (Wildman–Crippen LogP) is 1.81. The van der Waals surface area contributed by atoms with Crippen LogP contribution in [0, 0.1) is 0 Å². The summed E-state index contributed by atoms with van der Waals surface area (Å²) in [6.45, 7) is 0. The Hall–Kier alpha value is -1.71. The zero-order valence-electron chi connectivity index (χ0n) is 8.26. The number of rotatable bonds is 2. The van der Waals surface area contributed by atoms with Crippen LogP contribution in [0.3, 0.4) is 0 Å². The molecule has 1 aliphatic carbocycles. The summed E-state index contributed by atoms with van der Waals surface area (Å²) in [6, 6.07) is 3.52. The van der Waals surface area contributed by atoms with E-state index in [-0.39, 0.29) is 0 Å². The summed E-state index contributed by atoms with van der Waals surface area (Å²) in [4.78, 5) is 15.0. The van der Waals surface area contributed by atoms with E-state index < -0.39 is 0 Å². The summed E-state index contributed by atoms with van der Waals surface area (Å²) in [5, 5.41) is 4.40. The first kappa shape index (κ1) is 8.59.